The highest BCUT2D eigenvalue weighted by atomic mass is 16.5. The zero-order valence-electron chi connectivity index (χ0n) is 20.0. The van der Waals surface area contributed by atoms with E-state index in [-0.39, 0.29) is 0 Å². The van der Waals surface area contributed by atoms with Crippen molar-refractivity contribution >= 4 is 0 Å². The molecule has 0 amide bonds. The molecule has 0 spiro atoms. The van der Waals surface area contributed by atoms with Crippen molar-refractivity contribution in [3.63, 3.8) is 0 Å². The van der Waals surface area contributed by atoms with Gasteiger partial charge in [-0.15, -0.1) is 0 Å². The normalized spacial score (nSPS) is 18.8. The van der Waals surface area contributed by atoms with E-state index in [2.05, 4.69) is 55.2 Å². The van der Waals surface area contributed by atoms with Crippen molar-refractivity contribution in [2.45, 2.75) is 97.3 Å². The summed E-state index contributed by atoms with van der Waals surface area (Å²) in [5, 5.41) is 0. The van der Waals surface area contributed by atoms with Crippen molar-refractivity contribution in [1.82, 2.24) is 4.98 Å². The molecule has 1 heterocycles. The summed E-state index contributed by atoms with van der Waals surface area (Å²) in [7, 11) is 0. The summed E-state index contributed by atoms with van der Waals surface area (Å²) >= 11 is 0. The topological polar surface area (TPSA) is 22.1 Å². The number of unbranched alkanes of at least 4 members (excludes halogenated alkanes) is 5. The number of aryl methyl sites for hydroxylation is 1. The van der Waals surface area contributed by atoms with Gasteiger partial charge in [-0.05, 0) is 73.4 Å². The fourth-order valence-corrected chi connectivity index (χ4v) is 4.78. The summed E-state index contributed by atoms with van der Waals surface area (Å²) in [5.74, 6) is 2.69. The average Bonchev–Trinajstić information content (AvgIpc) is 2.83. The molecule has 0 atom stereocenters. The lowest BCUT2D eigenvalue weighted by molar-refractivity contribution is 0.177. The van der Waals surface area contributed by atoms with Crippen molar-refractivity contribution in [3.05, 3.63) is 48.2 Å². The first-order valence-corrected chi connectivity index (χ1v) is 13.0. The minimum absolute atomic E-state index is 0.730. The molecule has 1 saturated carbocycles. The van der Waals surface area contributed by atoms with Crippen LogP contribution in [-0.2, 0) is 6.42 Å². The molecular formula is C29H43NO. The molecule has 0 saturated heterocycles. The number of pyridine rings is 1. The minimum Gasteiger partial charge on any atom is -0.493 e. The van der Waals surface area contributed by atoms with Crippen LogP contribution >= 0.6 is 0 Å². The Morgan fingerprint density at radius 1 is 0.774 bits per heavy atom. The molecule has 0 N–H and O–H groups in total. The lowest BCUT2D eigenvalue weighted by Crippen LogP contribution is -2.20. The quantitative estimate of drug-likeness (QED) is 0.302. The first-order chi connectivity index (χ1) is 15.3. The highest BCUT2D eigenvalue weighted by Gasteiger charge is 2.21. The van der Waals surface area contributed by atoms with Gasteiger partial charge in [0.2, 0.25) is 0 Å². The molecule has 31 heavy (non-hydrogen) atoms. The summed E-state index contributed by atoms with van der Waals surface area (Å²) < 4.78 is 6.14. The highest BCUT2D eigenvalue weighted by Crippen LogP contribution is 2.32. The average molecular weight is 422 g/mol. The standard InChI is InChI=1S/C29H43NO/c1-3-5-7-8-9-11-24-12-14-26(15-13-24)23-31-28-19-17-27(18-20-28)29-21-16-25(22-30-29)10-6-4-2/h16-22,24,26H,3-15,23H2,1-2H3. The number of hydrogen-bond donors (Lipinski definition) is 0. The van der Waals surface area contributed by atoms with Crippen molar-refractivity contribution in [2.75, 3.05) is 6.61 Å². The largest absolute Gasteiger partial charge is 0.493 e. The fraction of sp³-hybridized carbons (Fsp3) is 0.621. The van der Waals surface area contributed by atoms with Crippen molar-refractivity contribution in [3.8, 4) is 17.0 Å². The molecule has 1 aromatic heterocycles. The Labute approximate surface area is 190 Å². The molecule has 3 rings (SSSR count). The van der Waals surface area contributed by atoms with Gasteiger partial charge in [0.1, 0.15) is 5.75 Å². The van der Waals surface area contributed by atoms with Crippen molar-refractivity contribution in [2.24, 2.45) is 11.8 Å². The van der Waals surface area contributed by atoms with E-state index in [9.17, 15) is 0 Å². The zero-order chi connectivity index (χ0) is 21.7. The van der Waals surface area contributed by atoms with Gasteiger partial charge in [-0.3, -0.25) is 4.98 Å². The number of nitrogens with zero attached hydrogens (tertiary/aromatic N) is 1. The minimum atomic E-state index is 0.730. The fourth-order valence-electron chi connectivity index (χ4n) is 4.78. The number of rotatable bonds is 13. The summed E-state index contributed by atoms with van der Waals surface area (Å²) in [6.07, 6.45) is 19.6. The molecule has 0 bridgehead atoms. The molecule has 2 nitrogen and oxygen atoms in total. The van der Waals surface area contributed by atoms with Gasteiger partial charge in [0.15, 0.2) is 0 Å². The van der Waals surface area contributed by atoms with E-state index in [1.165, 1.54) is 82.6 Å². The summed E-state index contributed by atoms with van der Waals surface area (Å²) in [6, 6.07) is 12.8. The predicted molar refractivity (Wildman–Crippen MR) is 133 cm³/mol. The van der Waals surface area contributed by atoms with E-state index in [4.69, 9.17) is 4.74 Å². The van der Waals surface area contributed by atoms with Gasteiger partial charge in [-0.1, -0.05) is 77.7 Å². The van der Waals surface area contributed by atoms with Crippen LogP contribution in [0.3, 0.4) is 0 Å². The van der Waals surface area contributed by atoms with Crippen LogP contribution in [0.15, 0.2) is 42.6 Å². The number of hydrogen-bond acceptors (Lipinski definition) is 2. The Hall–Kier alpha value is -1.83. The van der Waals surface area contributed by atoms with E-state index in [0.29, 0.717) is 0 Å². The smallest absolute Gasteiger partial charge is 0.119 e. The predicted octanol–water partition coefficient (Wildman–Crippen LogP) is 8.64. The van der Waals surface area contributed by atoms with Crippen LogP contribution in [0, 0.1) is 11.8 Å². The van der Waals surface area contributed by atoms with Gasteiger partial charge in [0.25, 0.3) is 0 Å². The summed E-state index contributed by atoms with van der Waals surface area (Å²) in [4.78, 5) is 4.65. The maximum Gasteiger partial charge on any atom is 0.119 e. The van der Waals surface area contributed by atoms with E-state index < -0.39 is 0 Å². The summed E-state index contributed by atoms with van der Waals surface area (Å²) in [6.45, 7) is 5.39. The molecule has 0 unspecified atom stereocenters. The molecule has 0 radical (unpaired) electrons. The third-order valence-electron chi connectivity index (χ3n) is 6.96. The second-order valence-corrected chi connectivity index (χ2v) is 9.58. The van der Waals surface area contributed by atoms with Crippen LogP contribution in [0.2, 0.25) is 0 Å². The molecule has 170 valence electrons. The monoisotopic (exact) mass is 421 g/mol. The number of aromatic nitrogens is 1. The molecule has 2 aromatic rings. The Kier molecular flexibility index (Phi) is 10.4. The third kappa shape index (κ3) is 8.31. The molecule has 1 fully saturated rings. The molecular weight excluding hydrogens is 378 g/mol. The second kappa shape index (κ2) is 13.6. The Morgan fingerprint density at radius 3 is 2.16 bits per heavy atom. The maximum absolute atomic E-state index is 6.14. The van der Waals surface area contributed by atoms with E-state index in [1.807, 2.05) is 6.20 Å². The van der Waals surface area contributed by atoms with E-state index >= 15 is 0 Å². The van der Waals surface area contributed by atoms with Gasteiger partial charge in [0, 0.05) is 11.8 Å². The van der Waals surface area contributed by atoms with Crippen LogP contribution in [0.1, 0.15) is 96.5 Å². The first kappa shape index (κ1) is 23.8. The molecule has 2 heteroatoms. The Bertz CT molecular complexity index is 713. The van der Waals surface area contributed by atoms with Crippen LogP contribution in [0.25, 0.3) is 11.3 Å². The van der Waals surface area contributed by atoms with Crippen LogP contribution in [0.4, 0.5) is 0 Å². The van der Waals surface area contributed by atoms with Crippen molar-refractivity contribution in [1.29, 1.82) is 0 Å². The van der Waals surface area contributed by atoms with Gasteiger partial charge in [0.05, 0.1) is 12.3 Å². The van der Waals surface area contributed by atoms with Gasteiger partial charge in [-0.25, -0.2) is 0 Å². The Morgan fingerprint density at radius 2 is 1.48 bits per heavy atom. The first-order valence-electron chi connectivity index (χ1n) is 13.0. The zero-order valence-corrected chi connectivity index (χ0v) is 20.0. The molecule has 1 aliphatic rings. The van der Waals surface area contributed by atoms with Crippen LogP contribution in [0.5, 0.6) is 5.75 Å². The van der Waals surface area contributed by atoms with Crippen LogP contribution < -0.4 is 4.74 Å². The van der Waals surface area contributed by atoms with E-state index in [1.54, 1.807) is 0 Å². The van der Waals surface area contributed by atoms with Crippen molar-refractivity contribution < 1.29 is 4.74 Å². The lowest BCUT2D eigenvalue weighted by atomic mass is 9.80. The molecule has 0 aliphatic heterocycles. The SMILES string of the molecule is CCCCCCCC1CCC(COc2ccc(-c3ccc(CCCC)cn3)cc2)CC1. The number of benzene rings is 1. The van der Waals surface area contributed by atoms with Gasteiger partial charge < -0.3 is 4.74 Å². The van der Waals surface area contributed by atoms with Gasteiger partial charge >= 0.3 is 0 Å². The van der Waals surface area contributed by atoms with Gasteiger partial charge in [-0.2, -0.15) is 0 Å². The summed E-state index contributed by atoms with van der Waals surface area (Å²) in [5.41, 5.74) is 3.53. The Balaban J connectivity index is 1.36. The third-order valence-corrected chi connectivity index (χ3v) is 6.96. The van der Waals surface area contributed by atoms with E-state index in [0.717, 1.165) is 41.9 Å². The maximum atomic E-state index is 6.14. The molecule has 1 aliphatic carbocycles. The lowest BCUT2D eigenvalue weighted by Gasteiger charge is -2.28. The highest BCUT2D eigenvalue weighted by molar-refractivity contribution is 5.60. The number of ether oxygens (including phenoxy) is 1. The second-order valence-electron chi connectivity index (χ2n) is 9.58. The molecule has 1 aromatic carbocycles. The van der Waals surface area contributed by atoms with Crippen LogP contribution in [-0.4, -0.2) is 11.6 Å².